The molecule has 0 saturated heterocycles. The molecule has 0 aromatic heterocycles. The topological polar surface area (TPSA) is 36.4 Å². The van der Waals surface area contributed by atoms with Crippen molar-refractivity contribution < 1.29 is 0 Å². The molecule has 2 aliphatic rings. The molecule has 5 heteroatoms. The Morgan fingerprint density at radius 3 is 2.57 bits per heavy atom. The molecule has 0 spiro atoms. The van der Waals surface area contributed by atoms with Crippen LogP contribution in [0.15, 0.2) is 33.7 Å². The normalized spacial score (nSPS) is 25.8. The van der Waals surface area contributed by atoms with Crippen molar-refractivity contribution in [2.24, 2.45) is 10.9 Å². The molecule has 2 fully saturated rings. The number of halogens is 2. The lowest BCUT2D eigenvalue weighted by atomic mass is 9.96. The van der Waals surface area contributed by atoms with E-state index in [1.54, 1.807) is 0 Å². The predicted octanol–water partition coefficient (Wildman–Crippen LogP) is 3.67. The third-order valence-electron chi connectivity index (χ3n) is 4.55. The SMILES string of the molecule is CN=C(NCC1(c2ccccc2Br)CC1)NC1CC1C.I. The summed E-state index contributed by atoms with van der Waals surface area (Å²) in [5, 5.41) is 6.99. The van der Waals surface area contributed by atoms with E-state index < -0.39 is 0 Å². The van der Waals surface area contributed by atoms with E-state index >= 15 is 0 Å². The highest BCUT2D eigenvalue weighted by Crippen LogP contribution is 2.49. The van der Waals surface area contributed by atoms with Gasteiger partial charge in [-0.05, 0) is 36.8 Å². The Bertz CT molecular complexity index is 528. The van der Waals surface area contributed by atoms with Crippen molar-refractivity contribution in [3.05, 3.63) is 34.3 Å². The van der Waals surface area contributed by atoms with Crippen molar-refractivity contribution >= 4 is 45.9 Å². The molecule has 2 saturated carbocycles. The third kappa shape index (κ3) is 3.92. The summed E-state index contributed by atoms with van der Waals surface area (Å²) in [7, 11) is 1.85. The maximum atomic E-state index is 4.33. The smallest absolute Gasteiger partial charge is 0.191 e. The maximum absolute atomic E-state index is 4.33. The van der Waals surface area contributed by atoms with E-state index in [0.717, 1.165) is 18.4 Å². The molecule has 0 bridgehead atoms. The largest absolute Gasteiger partial charge is 0.356 e. The minimum Gasteiger partial charge on any atom is -0.356 e. The number of guanidine groups is 1. The second kappa shape index (κ2) is 6.86. The fourth-order valence-corrected chi connectivity index (χ4v) is 3.44. The van der Waals surface area contributed by atoms with Crippen LogP contribution in [0.25, 0.3) is 0 Å². The molecule has 1 aromatic carbocycles. The van der Waals surface area contributed by atoms with E-state index in [1.165, 1.54) is 29.3 Å². The van der Waals surface area contributed by atoms with Crippen LogP contribution in [0.2, 0.25) is 0 Å². The highest BCUT2D eigenvalue weighted by atomic mass is 127. The first-order valence-electron chi connectivity index (χ1n) is 7.37. The van der Waals surface area contributed by atoms with Crippen LogP contribution in [-0.2, 0) is 5.41 Å². The minimum absolute atomic E-state index is 0. The minimum atomic E-state index is 0. The standard InChI is InChI=1S/C16H22BrN3.HI/c1-11-9-14(11)20-15(18-2)19-10-16(7-8-16)12-5-3-4-6-13(12)17;/h3-6,11,14H,7-10H2,1-2H3,(H2,18,19,20);1H. The molecule has 2 atom stereocenters. The summed E-state index contributed by atoms with van der Waals surface area (Å²) in [5.41, 5.74) is 1.70. The van der Waals surface area contributed by atoms with Gasteiger partial charge in [-0.2, -0.15) is 0 Å². The fourth-order valence-electron chi connectivity index (χ4n) is 2.73. The van der Waals surface area contributed by atoms with Gasteiger partial charge in [0, 0.05) is 29.5 Å². The Morgan fingerprint density at radius 2 is 2.05 bits per heavy atom. The van der Waals surface area contributed by atoms with E-state index in [2.05, 4.69) is 62.7 Å². The van der Waals surface area contributed by atoms with Crippen LogP contribution in [-0.4, -0.2) is 25.6 Å². The van der Waals surface area contributed by atoms with E-state index in [9.17, 15) is 0 Å². The molecule has 3 rings (SSSR count). The molecule has 2 N–H and O–H groups in total. The third-order valence-corrected chi connectivity index (χ3v) is 5.24. The average Bonchev–Trinajstić information content (AvgIpc) is 3.35. The number of nitrogens with zero attached hydrogens (tertiary/aromatic N) is 1. The van der Waals surface area contributed by atoms with Gasteiger partial charge in [-0.25, -0.2) is 0 Å². The van der Waals surface area contributed by atoms with Gasteiger partial charge in [0.2, 0.25) is 0 Å². The zero-order chi connectivity index (χ0) is 14.2. The number of aliphatic imine (C=N–C) groups is 1. The van der Waals surface area contributed by atoms with Crippen molar-refractivity contribution in [2.45, 2.75) is 37.6 Å². The zero-order valence-electron chi connectivity index (χ0n) is 12.5. The summed E-state index contributed by atoms with van der Waals surface area (Å²) < 4.78 is 1.22. The van der Waals surface area contributed by atoms with E-state index in [4.69, 9.17) is 0 Å². The lowest BCUT2D eigenvalue weighted by Gasteiger charge is -2.20. The van der Waals surface area contributed by atoms with Crippen LogP contribution < -0.4 is 10.6 Å². The van der Waals surface area contributed by atoms with Crippen LogP contribution in [0.4, 0.5) is 0 Å². The van der Waals surface area contributed by atoms with Gasteiger partial charge in [0.15, 0.2) is 5.96 Å². The fraction of sp³-hybridized carbons (Fsp3) is 0.562. The van der Waals surface area contributed by atoms with Gasteiger partial charge < -0.3 is 10.6 Å². The van der Waals surface area contributed by atoms with Crippen molar-refractivity contribution in [1.29, 1.82) is 0 Å². The Morgan fingerprint density at radius 1 is 1.38 bits per heavy atom. The van der Waals surface area contributed by atoms with Crippen LogP contribution in [0, 0.1) is 5.92 Å². The zero-order valence-corrected chi connectivity index (χ0v) is 16.4. The molecule has 0 aliphatic heterocycles. The molecular formula is C16H23BrIN3. The van der Waals surface area contributed by atoms with Gasteiger partial charge in [0.1, 0.15) is 0 Å². The Balaban J connectivity index is 0.00000161. The second-order valence-corrected chi connectivity index (χ2v) is 7.00. The first kappa shape index (κ1) is 17.1. The lowest BCUT2D eigenvalue weighted by molar-refractivity contribution is 0.640. The summed E-state index contributed by atoms with van der Waals surface area (Å²) in [6.07, 6.45) is 3.76. The van der Waals surface area contributed by atoms with Crippen LogP contribution in [0.3, 0.4) is 0 Å². The Kier molecular flexibility index (Phi) is 5.57. The molecule has 1 aromatic rings. The average molecular weight is 464 g/mol. The number of nitrogens with one attached hydrogen (secondary N) is 2. The molecule has 0 heterocycles. The van der Waals surface area contributed by atoms with Gasteiger partial charge in [0.25, 0.3) is 0 Å². The Labute approximate surface area is 152 Å². The predicted molar refractivity (Wildman–Crippen MR) is 103 cm³/mol. The number of benzene rings is 1. The lowest BCUT2D eigenvalue weighted by Crippen LogP contribution is -2.42. The van der Waals surface area contributed by atoms with E-state index in [0.29, 0.717) is 6.04 Å². The van der Waals surface area contributed by atoms with Gasteiger partial charge >= 0.3 is 0 Å². The number of hydrogen-bond donors (Lipinski definition) is 2. The van der Waals surface area contributed by atoms with Crippen molar-refractivity contribution in [3.63, 3.8) is 0 Å². The molecular weight excluding hydrogens is 441 g/mol. The summed E-state index contributed by atoms with van der Waals surface area (Å²) in [4.78, 5) is 4.33. The molecule has 116 valence electrons. The van der Waals surface area contributed by atoms with Crippen LogP contribution in [0.1, 0.15) is 31.7 Å². The molecule has 0 radical (unpaired) electrons. The van der Waals surface area contributed by atoms with Gasteiger partial charge in [-0.1, -0.05) is 41.1 Å². The van der Waals surface area contributed by atoms with Gasteiger partial charge in [-0.3, -0.25) is 4.99 Å². The molecule has 21 heavy (non-hydrogen) atoms. The number of hydrogen-bond acceptors (Lipinski definition) is 1. The Hall–Kier alpha value is -0.300. The maximum Gasteiger partial charge on any atom is 0.191 e. The molecule has 0 amide bonds. The highest BCUT2D eigenvalue weighted by Gasteiger charge is 2.45. The number of rotatable bonds is 4. The summed E-state index contributed by atoms with van der Waals surface area (Å²) in [5.74, 6) is 1.73. The van der Waals surface area contributed by atoms with Gasteiger partial charge in [-0.15, -0.1) is 24.0 Å². The monoisotopic (exact) mass is 463 g/mol. The van der Waals surface area contributed by atoms with Crippen molar-refractivity contribution in [2.75, 3.05) is 13.6 Å². The van der Waals surface area contributed by atoms with E-state index in [-0.39, 0.29) is 29.4 Å². The van der Waals surface area contributed by atoms with Crippen molar-refractivity contribution in [1.82, 2.24) is 10.6 Å². The summed E-state index contributed by atoms with van der Waals surface area (Å²) >= 11 is 3.68. The first-order chi connectivity index (χ1) is 9.64. The molecule has 2 unspecified atom stereocenters. The quantitative estimate of drug-likeness (QED) is 0.406. The van der Waals surface area contributed by atoms with Crippen LogP contribution >= 0.6 is 39.9 Å². The van der Waals surface area contributed by atoms with E-state index in [1.807, 2.05) is 7.05 Å². The molecule has 3 nitrogen and oxygen atoms in total. The second-order valence-electron chi connectivity index (χ2n) is 6.15. The first-order valence-corrected chi connectivity index (χ1v) is 8.16. The molecule has 2 aliphatic carbocycles. The highest BCUT2D eigenvalue weighted by molar-refractivity contribution is 14.0. The summed E-state index contributed by atoms with van der Waals surface area (Å²) in [6.45, 7) is 3.23. The van der Waals surface area contributed by atoms with Crippen LogP contribution in [0.5, 0.6) is 0 Å². The van der Waals surface area contributed by atoms with Crippen molar-refractivity contribution in [3.8, 4) is 0 Å². The summed E-state index contributed by atoms with van der Waals surface area (Å²) in [6, 6.07) is 9.18. The van der Waals surface area contributed by atoms with Gasteiger partial charge in [0.05, 0.1) is 0 Å².